The number of thioether (sulfide) groups is 1. The van der Waals surface area contributed by atoms with Gasteiger partial charge in [-0.25, -0.2) is 5.43 Å². The number of hydrogen-bond acceptors (Lipinski definition) is 3. The molecule has 6 heteroatoms. The molecule has 31 heavy (non-hydrogen) atoms. The number of hydrazone groups is 1. The summed E-state index contributed by atoms with van der Waals surface area (Å²) in [7, 11) is 0. The van der Waals surface area contributed by atoms with E-state index in [0.29, 0.717) is 5.75 Å². The van der Waals surface area contributed by atoms with Crippen molar-refractivity contribution >= 4 is 39.8 Å². The van der Waals surface area contributed by atoms with Gasteiger partial charge in [0.05, 0.1) is 17.7 Å². The second-order valence-electron chi connectivity index (χ2n) is 7.75. The molecule has 4 nitrogen and oxygen atoms in total. The molecule has 0 bridgehead atoms. The molecular weight excluding hydrogens is 470 g/mol. The Labute approximate surface area is 197 Å². The monoisotopic (exact) mass is 497 g/mol. The molecule has 2 aromatic carbocycles. The molecule has 1 heterocycles. The number of amides is 1. The van der Waals surface area contributed by atoms with Crippen molar-refractivity contribution < 1.29 is 4.79 Å². The van der Waals surface area contributed by atoms with Crippen LogP contribution in [-0.4, -0.2) is 22.4 Å². The van der Waals surface area contributed by atoms with Crippen LogP contribution in [0.3, 0.4) is 0 Å². The van der Waals surface area contributed by atoms with Crippen molar-refractivity contribution in [3.63, 3.8) is 0 Å². The van der Waals surface area contributed by atoms with Gasteiger partial charge in [-0.15, -0.1) is 11.8 Å². The highest BCUT2D eigenvalue weighted by molar-refractivity contribution is 9.10. The Morgan fingerprint density at radius 1 is 1.03 bits per heavy atom. The topological polar surface area (TPSA) is 46.4 Å². The lowest BCUT2D eigenvalue weighted by Gasteiger charge is -2.15. The Morgan fingerprint density at radius 3 is 2.32 bits per heavy atom. The fourth-order valence-electron chi connectivity index (χ4n) is 3.61. The Bertz CT molecular complexity index is 1100. The van der Waals surface area contributed by atoms with Gasteiger partial charge >= 0.3 is 0 Å². The van der Waals surface area contributed by atoms with Crippen molar-refractivity contribution in [1.82, 2.24) is 9.99 Å². The normalized spacial score (nSPS) is 11.3. The third kappa shape index (κ3) is 5.49. The molecule has 3 rings (SSSR count). The molecule has 1 N–H and O–H groups in total. The van der Waals surface area contributed by atoms with E-state index in [1.54, 1.807) is 18.0 Å². The van der Waals surface area contributed by atoms with Crippen LogP contribution in [0.15, 0.2) is 52.0 Å². The zero-order valence-electron chi connectivity index (χ0n) is 18.6. The summed E-state index contributed by atoms with van der Waals surface area (Å²) in [6.45, 7) is 10.5. The molecule has 0 fully saturated rings. The zero-order valence-corrected chi connectivity index (χ0v) is 21.0. The average Bonchev–Trinajstić information content (AvgIpc) is 2.93. The summed E-state index contributed by atoms with van der Waals surface area (Å²) >= 11 is 5.29. The number of nitrogens with one attached hydrogen (secondary N) is 1. The van der Waals surface area contributed by atoms with Crippen LogP contribution in [0.1, 0.15) is 39.2 Å². The van der Waals surface area contributed by atoms with Crippen molar-refractivity contribution in [1.29, 1.82) is 0 Å². The third-order valence-corrected chi connectivity index (χ3v) is 7.29. The second kappa shape index (κ2) is 10.3. The van der Waals surface area contributed by atoms with Gasteiger partial charge in [-0.2, -0.15) is 5.10 Å². The Balaban J connectivity index is 1.66. The van der Waals surface area contributed by atoms with E-state index in [1.165, 1.54) is 27.9 Å². The van der Waals surface area contributed by atoms with Crippen LogP contribution >= 0.6 is 27.7 Å². The minimum Gasteiger partial charge on any atom is -0.316 e. The molecule has 0 spiro atoms. The van der Waals surface area contributed by atoms with Gasteiger partial charge in [0.2, 0.25) is 5.91 Å². The molecule has 0 aliphatic carbocycles. The SMILES string of the molecule is Cc1ccc(CSCC(=O)N/N=C\c2c(Br)c(C)n(-c3c(C)cccc3C)c2C)cc1. The predicted octanol–water partition coefficient (Wildman–Crippen LogP) is 6.17. The average molecular weight is 498 g/mol. The third-order valence-electron chi connectivity index (χ3n) is 5.28. The second-order valence-corrected chi connectivity index (χ2v) is 9.52. The molecule has 0 radical (unpaired) electrons. The molecule has 0 saturated heterocycles. The van der Waals surface area contributed by atoms with E-state index in [-0.39, 0.29) is 5.91 Å². The maximum Gasteiger partial charge on any atom is 0.250 e. The van der Waals surface area contributed by atoms with Crippen LogP contribution < -0.4 is 5.43 Å². The van der Waals surface area contributed by atoms with Crippen molar-refractivity contribution in [2.75, 3.05) is 5.75 Å². The number of carbonyl (C=O) groups excluding carboxylic acids is 1. The number of aryl methyl sites for hydroxylation is 3. The minimum absolute atomic E-state index is 0.104. The molecule has 0 aliphatic rings. The first-order valence-corrected chi connectivity index (χ1v) is 12.1. The Hall–Kier alpha value is -2.31. The van der Waals surface area contributed by atoms with Crippen LogP contribution in [-0.2, 0) is 10.5 Å². The van der Waals surface area contributed by atoms with E-state index in [4.69, 9.17) is 0 Å². The number of rotatable bonds is 7. The number of halogens is 1. The smallest absolute Gasteiger partial charge is 0.250 e. The van der Waals surface area contributed by atoms with Crippen molar-refractivity contribution in [3.05, 3.63) is 86.1 Å². The number of benzene rings is 2. The first kappa shape index (κ1) is 23.4. The summed E-state index contributed by atoms with van der Waals surface area (Å²) in [6, 6.07) is 14.7. The molecule has 0 aliphatic heterocycles. The molecule has 162 valence electrons. The summed E-state index contributed by atoms with van der Waals surface area (Å²) in [5.41, 5.74) is 11.9. The van der Waals surface area contributed by atoms with Crippen LogP contribution in [0.2, 0.25) is 0 Å². The summed E-state index contributed by atoms with van der Waals surface area (Å²) < 4.78 is 3.23. The van der Waals surface area contributed by atoms with Crippen molar-refractivity contribution in [3.8, 4) is 5.69 Å². The lowest BCUT2D eigenvalue weighted by molar-refractivity contribution is -0.118. The van der Waals surface area contributed by atoms with E-state index in [2.05, 4.69) is 108 Å². The number of aromatic nitrogens is 1. The lowest BCUT2D eigenvalue weighted by Crippen LogP contribution is -2.19. The maximum absolute atomic E-state index is 12.2. The van der Waals surface area contributed by atoms with Gasteiger partial charge < -0.3 is 4.57 Å². The minimum atomic E-state index is -0.104. The van der Waals surface area contributed by atoms with Gasteiger partial charge in [0, 0.05) is 27.2 Å². The van der Waals surface area contributed by atoms with Gasteiger partial charge in [-0.1, -0.05) is 48.0 Å². The van der Waals surface area contributed by atoms with Gasteiger partial charge in [0.1, 0.15) is 0 Å². The Kier molecular flexibility index (Phi) is 7.79. The first-order chi connectivity index (χ1) is 14.8. The van der Waals surface area contributed by atoms with Crippen LogP contribution in [0.5, 0.6) is 0 Å². The summed E-state index contributed by atoms with van der Waals surface area (Å²) in [5.74, 6) is 1.07. The van der Waals surface area contributed by atoms with Crippen LogP contribution in [0.4, 0.5) is 0 Å². The van der Waals surface area contributed by atoms with Gasteiger partial charge in [0.15, 0.2) is 0 Å². The molecule has 1 aromatic heterocycles. The molecule has 0 unspecified atom stereocenters. The highest BCUT2D eigenvalue weighted by Crippen LogP contribution is 2.32. The molecule has 0 saturated carbocycles. The van der Waals surface area contributed by atoms with Crippen molar-refractivity contribution in [2.45, 2.75) is 40.4 Å². The number of carbonyl (C=O) groups is 1. The molecule has 3 aromatic rings. The number of nitrogens with zero attached hydrogens (tertiary/aromatic N) is 2. The highest BCUT2D eigenvalue weighted by atomic mass is 79.9. The van der Waals surface area contributed by atoms with Crippen molar-refractivity contribution in [2.24, 2.45) is 5.10 Å². The first-order valence-electron chi connectivity index (χ1n) is 10.2. The quantitative estimate of drug-likeness (QED) is 0.313. The fraction of sp³-hybridized carbons (Fsp3) is 0.280. The highest BCUT2D eigenvalue weighted by Gasteiger charge is 2.18. The van der Waals surface area contributed by atoms with E-state index in [0.717, 1.165) is 27.2 Å². The lowest BCUT2D eigenvalue weighted by atomic mass is 10.1. The van der Waals surface area contributed by atoms with E-state index < -0.39 is 0 Å². The van der Waals surface area contributed by atoms with Gasteiger partial charge in [0.25, 0.3) is 0 Å². The summed E-state index contributed by atoms with van der Waals surface area (Å²) in [6.07, 6.45) is 1.72. The molecule has 1 amide bonds. The van der Waals surface area contributed by atoms with E-state index >= 15 is 0 Å². The molecular formula is C25H28BrN3OS. The fourth-order valence-corrected chi connectivity index (χ4v) is 4.96. The largest absolute Gasteiger partial charge is 0.316 e. The number of hydrogen-bond donors (Lipinski definition) is 1. The predicted molar refractivity (Wildman–Crippen MR) is 135 cm³/mol. The zero-order chi connectivity index (χ0) is 22.5. The van der Waals surface area contributed by atoms with E-state index in [1.807, 2.05) is 0 Å². The number of para-hydroxylation sites is 1. The van der Waals surface area contributed by atoms with Crippen LogP contribution in [0.25, 0.3) is 5.69 Å². The standard InChI is InChI=1S/C25H28BrN3OS/c1-16-9-11-21(12-10-16)14-31-15-23(30)28-27-13-22-19(4)29(20(5)24(22)26)25-17(2)7-6-8-18(25)3/h6-13H,14-15H2,1-5H3,(H,28,30)/b27-13-. The Morgan fingerprint density at radius 2 is 1.68 bits per heavy atom. The van der Waals surface area contributed by atoms with E-state index in [9.17, 15) is 4.79 Å². The maximum atomic E-state index is 12.2. The molecule has 0 atom stereocenters. The summed E-state index contributed by atoms with van der Waals surface area (Å²) in [5, 5.41) is 4.21. The van der Waals surface area contributed by atoms with Gasteiger partial charge in [-0.05, 0) is 67.2 Å². The van der Waals surface area contributed by atoms with Gasteiger partial charge in [-0.3, -0.25) is 4.79 Å². The summed E-state index contributed by atoms with van der Waals surface area (Å²) in [4.78, 5) is 12.2. The van der Waals surface area contributed by atoms with Crippen LogP contribution in [0, 0.1) is 34.6 Å².